The zero-order chi connectivity index (χ0) is 13.1. The summed E-state index contributed by atoms with van der Waals surface area (Å²) in [6.45, 7) is 2.25. The van der Waals surface area contributed by atoms with Crippen molar-refractivity contribution in [1.29, 1.82) is 0 Å². The molecule has 0 heterocycles. The summed E-state index contributed by atoms with van der Waals surface area (Å²) in [5.41, 5.74) is 7.19. The molecule has 1 unspecified atom stereocenters. The van der Waals surface area contributed by atoms with Crippen LogP contribution in [0.15, 0.2) is 18.2 Å². The minimum atomic E-state index is -0.300. The van der Waals surface area contributed by atoms with Gasteiger partial charge in [0.05, 0.1) is 0 Å². The zero-order valence-electron chi connectivity index (χ0n) is 10.8. The molecule has 1 saturated carbocycles. The Morgan fingerprint density at radius 1 is 1.33 bits per heavy atom. The van der Waals surface area contributed by atoms with Crippen LogP contribution in [0.4, 0.5) is 4.39 Å². The Balaban J connectivity index is 2.05. The Bertz CT molecular complexity index is 399. The lowest BCUT2D eigenvalue weighted by molar-refractivity contribution is 0.240. The number of hydrogen-bond acceptors (Lipinski definition) is 1. The minimum Gasteiger partial charge on any atom is -0.324 e. The van der Waals surface area contributed by atoms with E-state index in [1.807, 2.05) is 0 Å². The molecule has 1 nitrogen and oxygen atoms in total. The average molecular weight is 270 g/mol. The van der Waals surface area contributed by atoms with Crippen LogP contribution in [0.1, 0.15) is 50.6 Å². The molecular weight excluding hydrogens is 249 g/mol. The van der Waals surface area contributed by atoms with Crippen molar-refractivity contribution in [3.8, 4) is 0 Å². The molecule has 1 aliphatic rings. The summed E-state index contributed by atoms with van der Waals surface area (Å²) in [5.74, 6) is 1.04. The van der Waals surface area contributed by atoms with Crippen molar-refractivity contribution in [2.45, 2.75) is 45.1 Å². The number of rotatable bonds is 3. The first kappa shape index (κ1) is 13.8. The number of hydrogen-bond donors (Lipinski definition) is 1. The number of benzene rings is 1. The van der Waals surface area contributed by atoms with Crippen LogP contribution in [0, 0.1) is 17.7 Å². The van der Waals surface area contributed by atoms with Gasteiger partial charge in [-0.05, 0) is 42.4 Å². The van der Waals surface area contributed by atoms with E-state index in [0.29, 0.717) is 10.9 Å². The highest BCUT2D eigenvalue weighted by Crippen LogP contribution is 2.38. The Hall–Kier alpha value is -0.600. The molecule has 1 aromatic carbocycles. The van der Waals surface area contributed by atoms with Gasteiger partial charge in [-0.15, -0.1) is 0 Å². The van der Waals surface area contributed by atoms with Crippen molar-refractivity contribution in [3.05, 3.63) is 34.6 Å². The van der Waals surface area contributed by atoms with Crippen LogP contribution < -0.4 is 5.73 Å². The summed E-state index contributed by atoms with van der Waals surface area (Å²) in [7, 11) is 0. The average Bonchev–Trinajstić information content (AvgIpc) is 2.38. The normalized spacial score (nSPS) is 26.0. The molecule has 0 aliphatic heterocycles. The van der Waals surface area contributed by atoms with Gasteiger partial charge in [-0.25, -0.2) is 4.39 Å². The van der Waals surface area contributed by atoms with E-state index >= 15 is 0 Å². The predicted molar refractivity (Wildman–Crippen MR) is 74.1 cm³/mol. The monoisotopic (exact) mass is 269 g/mol. The van der Waals surface area contributed by atoms with Gasteiger partial charge in [-0.3, -0.25) is 0 Å². The molecule has 0 spiro atoms. The first-order chi connectivity index (χ1) is 8.61. The van der Waals surface area contributed by atoms with Crippen molar-refractivity contribution in [1.82, 2.24) is 0 Å². The summed E-state index contributed by atoms with van der Waals surface area (Å²) in [5, 5.41) is 0.458. The van der Waals surface area contributed by atoms with Gasteiger partial charge in [0.15, 0.2) is 0 Å². The zero-order valence-corrected chi connectivity index (χ0v) is 11.6. The highest BCUT2D eigenvalue weighted by atomic mass is 35.5. The van der Waals surface area contributed by atoms with Crippen molar-refractivity contribution in [2.24, 2.45) is 17.6 Å². The van der Waals surface area contributed by atoms with E-state index in [0.717, 1.165) is 24.3 Å². The molecule has 2 rings (SSSR count). The van der Waals surface area contributed by atoms with Crippen molar-refractivity contribution in [3.63, 3.8) is 0 Å². The van der Waals surface area contributed by atoms with Gasteiger partial charge < -0.3 is 5.73 Å². The summed E-state index contributed by atoms with van der Waals surface area (Å²) in [6.07, 6.45) is 6.10. The molecule has 1 fully saturated rings. The van der Waals surface area contributed by atoms with E-state index in [2.05, 4.69) is 6.92 Å². The van der Waals surface area contributed by atoms with Gasteiger partial charge in [0.25, 0.3) is 0 Å². The van der Waals surface area contributed by atoms with E-state index in [9.17, 15) is 4.39 Å². The van der Waals surface area contributed by atoms with Crippen LogP contribution in [0.25, 0.3) is 0 Å². The fraction of sp³-hybridized carbons (Fsp3) is 0.600. The molecule has 18 heavy (non-hydrogen) atoms. The second-order valence-corrected chi connectivity index (χ2v) is 5.79. The molecule has 1 atom stereocenters. The molecule has 0 aromatic heterocycles. The van der Waals surface area contributed by atoms with Crippen molar-refractivity contribution < 1.29 is 4.39 Å². The second-order valence-electron chi connectivity index (χ2n) is 5.38. The number of nitrogens with two attached hydrogens (primary N) is 1. The highest BCUT2D eigenvalue weighted by molar-refractivity contribution is 6.31. The smallest absolute Gasteiger partial charge is 0.124 e. The lowest BCUT2D eigenvalue weighted by Gasteiger charge is -2.32. The third-order valence-electron chi connectivity index (χ3n) is 4.30. The van der Waals surface area contributed by atoms with Gasteiger partial charge in [-0.1, -0.05) is 43.9 Å². The Kier molecular flexibility index (Phi) is 4.63. The lowest BCUT2D eigenvalue weighted by Crippen LogP contribution is -2.26. The molecule has 3 heteroatoms. The quantitative estimate of drug-likeness (QED) is 0.846. The van der Waals surface area contributed by atoms with Gasteiger partial charge in [0, 0.05) is 11.1 Å². The topological polar surface area (TPSA) is 26.0 Å². The van der Waals surface area contributed by atoms with E-state index in [4.69, 9.17) is 17.3 Å². The summed E-state index contributed by atoms with van der Waals surface area (Å²) < 4.78 is 13.0. The van der Waals surface area contributed by atoms with E-state index in [1.165, 1.54) is 31.4 Å². The molecule has 2 N–H and O–H groups in total. The fourth-order valence-corrected chi connectivity index (χ4v) is 3.27. The Morgan fingerprint density at radius 2 is 2.00 bits per heavy atom. The summed E-state index contributed by atoms with van der Waals surface area (Å²) in [4.78, 5) is 0. The Labute approximate surface area is 114 Å². The molecule has 1 aromatic rings. The van der Waals surface area contributed by atoms with E-state index in [1.54, 1.807) is 6.07 Å². The molecule has 0 bridgehead atoms. The van der Waals surface area contributed by atoms with Crippen LogP contribution in [-0.2, 0) is 0 Å². The predicted octanol–water partition coefficient (Wildman–Crippen LogP) is 4.70. The van der Waals surface area contributed by atoms with Crippen molar-refractivity contribution >= 4 is 11.6 Å². The van der Waals surface area contributed by atoms with Gasteiger partial charge >= 0.3 is 0 Å². The maximum Gasteiger partial charge on any atom is 0.124 e. The van der Waals surface area contributed by atoms with Crippen molar-refractivity contribution in [2.75, 3.05) is 0 Å². The highest BCUT2D eigenvalue weighted by Gasteiger charge is 2.26. The maximum absolute atomic E-state index is 13.0. The maximum atomic E-state index is 13.0. The minimum absolute atomic E-state index is 0.0593. The Morgan fingerprint density at radius 3 is 2.56 bits per heavy atom. The number of halogens is 2. The second kappa shape index (κ2) is 6.03. The summed E-state index contributed by atoms with van der Waals surface area (Å²) >= 11 is 6.08. The van der Waals surface area contributed by atoms with Crippen LogP contribution >= 0.6 is 11.6 Å². The largest absolute Gasteiger partial charge is 0.324 e. The standard InChI is InChI=1S/C15H21ClFN/c1-2-10-3-5-11(6-4-10)15(18)13-8-7-12(17)9-14(13)16/h7-11,15H,2-6,18H2,1H3. The first-order valence-electron chi connectivity index (χ1n) is 6.82. The lowest BCUT2D eigenvalue weighted by atomic mass is 9.76. The molecule has 0 amide bonds. The molecule has 1 aliphatic carbocycles. The summed E-state index contributed by atoms with van der Waals surface area (Å²) in [6, 6.07) is 4.47. The van der Waals surface area contributed by atoms with Crippen LogP contribution in [-0.4, -0.2) is 0 Å². The van der Waals surface area contributed by atoms with Gasteiger partial charge in [0.1, 0.15) is 5.82 Å². The molecule has 0 saturated heterocycles. The van der Waals surface area contributed by atoms with Gasteiger partial charge in [-0.2, -0.15) is 0 Å². The SMILES string of the molecule is CCC1CCC(C(N)c2ccc(F)cc2Cl)CC1. The van der Waals surface area contributed by atoms with Crippen LogP contribution in [0.3, 0.4) is 0 Å². The third kappa shape index (κ3) is 3.04. The van der Waals surface area contributed by atoms with Crippen LogP contribution in [0.2, 0.25) is 5.02 Å². The van der Waals surface area contributed by atoms with Crippen LogP contribution in [0.5, 0.6) is 0 Å². The molecule has 0 radical (unpaired) electrons. The van der Waals surface area contributed by atoms with E-state index in [-0.39, 0.29) is 11.9 Å². The molecular formula is C15H21ClFN. The molecule has 100 valence electrons. The van der Waals surface area contributed by atoms with Gasteiger partial charge in [0.2, 0.25) is 0 Å². The first-order valence-corrected chi connectivity index (χ1v) is 7.20. The fourth-order valence-electron chi connectivity index (χ4n) is 2.98. The third-order valence-corrected chi connectivity index (χ3v) is 4.63. The van der Waals surface area contributed by atoms with E-state index < -0.39 is 0 Å².